The highest BCUT2D eigenvalue weighted by molar-refractivity contribution is 7.91. The van der Waals surface area contributed by atoms with Gasteiger partial charge >= 0.3 is 0 Å². The molecule has 0 aliphatic carbocycles. The Balaban J connectivity index is 2.06. The fourth-order valence-electron chi connectivity index (χ4n) is 2.31. The molecule has 0 bridgehead atoms. The number of nitrogens with two attached hydrogens (primary N) is 2. The molecule has 8 heteroatoms. The van der Waals surface area contributed by atoms with E-state index in [-0.39, 0.29) is 34.1 Å². The molecule has 2 rings (SSSR count). The Morgan fingerprint density at radius 1 is 1.00 bits per heavy atom. The van der Waals surface area contributed by atoms with E-state index in [2.05, 4.69) is 0 Å². The second-order valence-corrected chi connectivity index (χ2v) is 7.86. The number of amides is 2. The lowest BCUT2D eigenvalue weighted by molar-refractivity contribution is 0.0996. The maximum atomic E-state index is 11.8. The molecule has 2 aromatic carbocycles. The number of carbonyl (C=O) groups is 2. The van der Waals surface area contributed by atoms with Crippen LogP contribution in [-0.4, -0.2) is 32.6 Å². The molecular weight excluding hydrogens is 356 g/mol. The van der Waals surface area contributed by atoms with E-state index in [1.165, 1.54) is 18.2 Å². The summed E-state index contributed by atoms with van der Waals surface area (Å²) >= 11 is 0. The van der Waals surface area contributed by atoms with Crippen LogP contribution >= 0.6 is 0 Å². The third-order valence-corrected chi connectivity index (χ3v) is 5.59. The standard InChI is InChI=1S/C18H20N2O5S/c1-2-26(23,24)14-6-3-12(4-7-14)9-10-25-16-8-5-13(17(19)21)11-15(16)18(20)22/h3-8,11H,2,9-10H2,1H3,(H2,19,21)(H2,20,22). The topological polar surface area (TPSA) is 130 Å². The SMILES string of the molecule is CCS(=O)(=O)c1ccc(CCOc2ccc(C(N)=O)cc2C(N)=O)cc1. The summed E-state index contributed by atoms with van der Waals surface area (Å²) in [4.78, 5) is 23.0. The highest BCUT2D eigenvalue weighted by Gasteiger charge is 2.13. The van der Waals surface area contributed by atoms with Gasteiger partial charge in [0, 0.05) is 12.0 Å². The molecule has 0 saturated heterocycles. The van der Waals surface area contributed by atoms with Crippen LogP contribution in [0.3, 0.4) is 0 Å². The molecular formula is C18H20N2O5S. The zero-order valence-electron chi connectivity index (χ0n) is 14.3. The second-order valence-electron chi connectivity index (χ2n) is 5.59. The molecule has 0 fully saturated rings. The highest BCUT2D eigenvalue weighted by Crippen LogP contribution is 2.20. The molecule has 26 heavy (non-hydrogen) atoms. The van der Waals surface area contributed by atoms with Gasteiger partial charge in [-0.25, -0.2) is 8.42 Å². The quantitative estimate of drug-likeness (QED) is 0.717. The summed E-state index contributed by atoms with van der Waals surface area (Å²) in [7, 11) is -3.23. The Morgan fingerprint density at radius 3 is 2.19 bits per heavy atom. The molecule has 0 radical (unpaired) electrons. The van der Waals surface area contributed by atoms with Crippen molar-refractivity contribution >= 4 is 21.7 Å². The maximum absolute atomic E-state index is 11.8. The van der Waals surface area contributed by atoms with Crippen LogP contribution in [0, 0.1) is 0 Å². The average Bonchev–Trinajstić information content (AvgIpc) is 2.62. The first-order chi connectivity index (χ1) is 12.2. The number of ether oxygens (including phenoxy) is 1. The third-order valence-electron chi connectivity index (χ3n) is 3.84. The van der Waals surface area contributed by atoms with Crippen molar-refractivity contribution in [3.63, 3.8) is 0 Å². The molecule has 0 aliphatic rings. The largest absolute Gasteiger partial charge is 0.492 e. The Hall–Kier alpha value is -2.87. The normalized spacial score (nSPS) is 11.1. The van der Waals surface area contributed by atoms with Crippen LogP contribution in [-0.2, 0) is 16.3 Å². The van der Waals surface area contributed by atoms with Gasteiger partial charge in [-0.05, 0) is 35.9 Å². The molecule has 7 nitrogen and oxygen atoms in total. The Kier molecular flexibility index (Phi) is 5.99. The van der Waals surface area contributed by atoms with Crippen molar-refractivity contribution in [2.45, 2.75) is 18.2 Å². The van der Waals surface area contributed by atoms with Crippen molar-refractivity contribution in [3.05, 3.63) is 59.2 Å². The summed E-state index contributed by atoms with van der Waals surface area (Å²) in [6.45, 7) is 1.84. The zero-order valence-corrected chi connectivity index (χ0v) is 15.1. The summed E-state index contributed by atoms with van der Waals surface area (Å²) in [6.07, 6.45) is 0.502. The van der Waals surface area contributed by atoms with Crippen molar-refractivity contribution in [2.75, 3.05) is 12.4 Å². The predicted molar refractivity (Wildman–Crippen MR) is 96.8 cm³/mol. The highest BCUT2D eigenvalue weighted by atomic mass is 32.2. The van der Waals surface area contributed by atoms with Gasteiger partial charge in [0.25, 0.3) is 5.91 Å². The Morgan fingerprint density at radius 2 is 1.65 bits per heavy atom. The van der Waals surface area contributed by atoms with E-state index in [1.54, 1.807) is 31.2 Å². The van der Waals surface area contributed by atoms with Gasteiger partial charge in [0.15, 0.2) is 9.84 Å². The van der Waals surface area contributed by atoms with E-state index in [4.69, 9.17) is 16.2 Å². The number of sulfone groups is 1. The summed E-state index contributed by atoms with van der Waals surface area (Å²) in [5.74, 6) is -1.08. The number of hydrogen-bond acceptors (Lipinski definition) is 5. The molecule has 2 aromatic rings. The summed E-state index contributed by atoms with van der Waals surface area (Å²) < 4.78 is 29.2. The predicted octanol–water partition coefficient (Wildman–Crippen LogP) is 1.30. The van der Waals surface area contributed by atoms with Gasteiger partial charge in [0.2, 0.25) is 5.91 Å². The van der Waals surface area contributed by atoms with E-state index in [1.807, 2.05) is 0 Å². The van der Waals surface area contributed by atoms with Crippen LogP contribution in [0.1, 0.15) is 33.2 Å². The molecule has 0 unspecified atom stereocenters. The number of primary amides is 2. The maximum Gasteiger partial charge on any atom is 0.252 e. The minimum absolute atomic E-state index is 0.0483. The van der Waals surface area contributed by atoms with E-state index >= 15 is 0 Å². The molecule has 0 aliphatic heterocycles. The first-order valence-electron chi connectivity index (χ1n) is 7.92. The lowest BCUT2D eigenvalue weighted by Crippen LogP contribution is -2.17. The van der Waals surface area contributed by atoms with Crippen LogP contribution < -0.4 is 16.2 Å². The van der Waals surface area contributed by atoms with E-state index in [0.717, 1.165) is 5.56 Å². The van der Waals surface area contributed by atoms with Crippen molar-refractivity contribution in [1.29, 1.82) is 0 Å². The number of hydrogen-bond donors (Lipinski definition) is 2. The van der Waals surface area contributed by atoms with Crippen LogP contribution in [0.5, 0.6) is 5.75 Å². The fourth-order valence-corrected chi connectivity index (χ4v) is 3.19. The van der Waals surface area contributed by atoms with Gasteiger partial charge in [0.05, 0.1) is 22.8 Å². The Labute approximate surface area is 151 Å². The van der Waals surface area contributed by atoms with E-state index < -0.39 is 21.7 Å². The molecule has 0 aromatic heterocycles. The lowest BCUT2D eigenvalue weighted by Gasteiger charge is -2.11. The van der Waals surface area contributed by atoms with Crippen molar-refractivity contribution in [2.24, 2.45) is 11.5 Å². The van der Waals surface area contributed by atoms with Crippen LogP contribution in [0.4, 0.5) is 0 Å². The van der Waals surface area contributed by atoms with Gasteiger partial charge in [-0.1, -0.05) is 19.1 Å². The van der Waals surface area contributed by atoms with E-state index in [0.29, 0.717) is 6.42 Å². The van der Waals surface area contributed by atoms with Gasteiger partial charge in [0.1, 0.15) is 5.75 Å². The molecule has 4 N–H and O–H groups in total. The average molecular weight is 376 g/mol. The van der Waals surface area contributed by atoms with Crippen LogP contribution in [0.15, 0.2) is 47.4 Å². The van der Waals surface area contributed by atoms with Gasteiger partial charge in [-0.2, -0.15) is 0 Å². The summed E-state index contributed by atoms with van der Waals surface area (Å²) in [5, 5.41) is 0. The molecule has 0 atom stereocenters. The molecule has 0 spiro atoms. The molecule has 0 heterocycles. The monoisotopic (exact) mass is 376 g/mol. The van der Waals surface area contributed by atoms with Crippen molar-refractivity contribution < 1.29 is 22.7 Å². The van der Waals surface area contributed by atoms with Crippen LogP contribution in [0.2, 0.25) is 0 Å². The minimum atomic E-state index is -3.23. The van der Waals surface area contributed by atoms with E-state index in [9.17, 15) is 18.0 Å². The number of rotatable bonds is 8. The molecule has 0 saturated carbocycles. The lowest BCUT2D eigenvalue weighted by atomic mass is 10.1. The van der Waals surface area contributed by atoms with Crippen LogP contribution in [0.25, 0.3) is 0 Å². The molecule has 138 valence electrons. The summed E-state index contributed by atoms with van der Waals surface area (Å²) in [5.41, 5.74) is 11.6. The fraction of sp³-hybridized carbons (Fsp3) is 0.222. The smallest absolute Gasteiger partial charge is 0.252 e. The number of benzene rings is 2. The first kappa shape index (κ1) is 19.5. The molecule has 2 amide bonds. The Bertz CT molecular complexity index is 921. The number of carbonyl (C=O) groups excluding carboxylic acids is 2. The van der Waals surface area contributed by atoms with Gasteiger partial charge in [-0.15, -0.1) is 0 Å². The van der Waals surface area contributed by atoms with Gasteiger partial charge < -0.3 is 16.2 Å². The van der Waals surface area contributed by atoms with Gasteiger partial charge in [-0.3, -0.25) is 9.59 Å². The first-order valence-corrected chi connectivity index (χ1v) is 9.58. The zero-order chi connectivity index (χ0) is 19.3. The van der Waals surface area contributed by atoms with Crippen molar-refractivity contribution in [1.82, 2.24) is 0 Å². The summed E-state index contributed by atoms with van der Waals surface area (Å²) in [6, 6.07) is 10.8. The second kappa shape index (κ2) is 8.01. The van der Waals surface area contributed by atoms with Crippen molar-refractivity contribution in [3.8, 4) is 5.75 Å². The third kappa shape index (κ3) is 4.60. The minimum Gasteiger partial charge on any atom is -0.492 e.